The number of H-pyrrole nitrogens is 1. The van der Waals surface area contributed by atoms with E-state index in [1.54, 1.807) is 7.11 Å². The zero-order valence-corrected chi connectivity index (χ0v) is 13.8. The van der Waals surface area contributed by atoms with Crippen LogP contribution < -0.4 is 4.74 Å². The summed E-state index contributed by atoms with van der Waals surface area (Å²) in [6, 6.07) is 4.44. The lowest BCUT2D eigenvalue weighted by molar-refractivity contribution is 0.264. The number of rotatable bonds is 2. The van der Waals surface area contributed by atoms with Crippen LogP contribution in [0.3, 0.4) is 0 Å². The second kappa shape index (κ2) is 5.22. The van der Waals surface area contributed by atoms with Crippen LogP contribution in [0.4, 0.5) is 0 Å². The molecule has 0 spiro atoms. The predicted molar refractivity (Wildman–Crippen MR) is 88.1 cm³/mol. The first kappa shape index (κ1) is 14.2. The Kier molecular flexibility index (Phi) is 3.53. The van der Waals surface area contributed by atoms with Crippen LogP contribution in [0, 0.1) is 4.77 Å². The Morgan fingerprint density at radius 3 is 2.86 bits per heavy atom. The van der Waals surface area contributed by atoms with E-state index in [0.717, 1.165) is 29.1 Å². The summed E-state index contributed by atoms with van der Waals surface area (Å²) in [6.07, 6.45) is 2.22. The van der Waals surface area contributed by atoms with Crippen LogP contribution in [0.1, 0.15) is 26.3 Å². The van der Waals surface area contributed by atoms with Crippen molar-refractivity contribution in [2.75, 3.05) is 7.11 Å². The van der Waals surface area contributed by atoms with Gasteiger partial charge in [0.25, 0.3) is 0 Å². The van der Waals surface area contributed by atoms with Gasteiger partial charge in [-0.2, -0.15) is 0 Å². The molecule has 3 rings (SSSR count). The molecule has 0 unspecified atom stereocenters. The minimum atomic E-state index is 0.378. The highest BCUT2D eigenvalue weighted by Gasteiger charge is 2.23. The fourth-order valence-corrected chi connectivity index (χ4v) is 3.32. The third-order valence-corrected chi connectivity index (χ3v) is 4.32. The zero-order valence-electron chi connectivity index (χ0n) is 12.9. The minimum absolute atomic E-state index is 0.378. The van der Waals surface area contributed by atoms with Gasteiger partial charge in [-0.15, -0.1) is 0 Å². The lowest BCUT2D eigenvalue weighted by Gasteiger charge is -2.26. The van der Waals surface area contributed by atoms with Crippen LogP contribution in [-0.2, 0) is 13.1 Å². The number of nitrogens with zero attached hydrogens (tertiary/aromatic N) is 2. The van der Waals surface area contributed by atoms with E-state index in [0.29, 0.717) is 6.04 Å². The molecule has 21 heavy (non-hydrogen) atoms. The summed E-state index contributed by atoms with van der Waals surface area (Å²) in [5.74, 6) is 0.923. The largest absolute Gasteiger partial charge is 0.496 e. The van der Waals surface area contributed by atoms with Crippen LogP contribution in [0.2, 0.25) is 0 Å². The molecule has 0 fully saturated rings. The van der Waals surface area contributed by atoms with Crippen molar-refractivity contribution in [1.29, 1.82) is 0 Å². The summed E-state index contributed by atoms with van der Waals surface area (Å²) >= 11 is 5.50. The molecule has 0 amide bonds. The van der Waals surface area contributed by atoms with Crippen molar-refractivity contribution >= 4 is 23.3 Å². The predicted octanol–water partition coefficient (Wildman–Crippen LogP) is 3.84. The summed E-state index contributed by atoms with van der Waals surface area (Å²) in [6.45, 7) is 8.20. The molecule has 2 aromatic rings. The quantitative estimate of drug-likeness (QED) is 0.856. The van der Waals surface area contributed by atoms with Gasteiger partial charge in [-0.05, 0) is 51.3 Å². The van der Waals surface area contributed by atoms with Gasteiger partial charge in [0.1, 0.15) is 5.75 Å². The summed E-state index contributed by atoms with van der Waals surface area (Å²) in [7, 11) is 1.73. The van der Waals surface area contributed by atoms with Crippen LogP contribution in [-0.4, -0.2) is 27.6 Å². The van der Waals surface area contributed by atoms with Crippen LogP contribution >= 0.6 is 12.2 Å². The normalized spacial score (nSPS) is 17.7. The number of methoxy groups -OCH3 is 1. The molecule has 0 aliphatic carbocycles. The first-order valence-electron chi connectivity index (χ1n) is 7.20. The Balaban J connectivity index is 2.25. The molecule has 0 bridgehead atoms. The first-order valence-corrected chi connectivity index (χ1v) is 7.61. The summed E-state index contributed by atoms with van der Waals surface area (Å²) in [5, 5.41) is 0. The van der Waals surface area contributed by atoms with Gasteiger partial charge >= 0.3 is 0 Å². The van der Waals surface area contributed by atoms with Crippen molar-refractivity contribution in [2.45, 2.75) is 39.9 Å². The highest BCUT2D eigenvalue weighted by Crippen LogP contribution is 2.32. The molecule has 1 aromatic heterocycles. The molecule has 5 heteroatoms. The van der Waals surface area contributed by atoms with E-state index in [9.17, 15) is 0 Å². The van der Waals surface area contributed by atoms with Crippen LogP contribution in [0.15, 0.2) is 23.9 Å². The Morgan fingerprint density at radius 1 is 1.43 bits per heavy atom. The van der Waals surface area contributed by atoms with Crippen LogP contribution in [0.5, 0.6) is 5.75 Å². The molecule has 1 aliphatic heterocycles. The number of benzene rings is 1. The maximum Gasteiger partial charge on any atom is 0.178 e. The molecular formula is C16H21N3OS. The average molecular weight is 303 g/mol. The van der Waals surface area contributed by atoms with Crippen molar-refractivity contribution in [3.8, 4) is 5.75 Å². The van der Waals surface area contributed by atoms with E-state index in [4.69, 9.17) is 17.0 Å². The molecule has 2 heterocycles. The number of hydrogen-bond acceptors (Lipinski definition) is 3. The molecular weight excluding hydrogens is 282 g/mol. The highest BCUT2D eigenvalue weighted by molar-refractivity contribution is 7.71. The second-order valence-electron chi connectivity index (χ2n) is 5.91. The highest BCUT2D eigenvalue weighted by atomic mass is 32.1. The van der Waals surface area contributed by atoms with Gasteiger partial charge in [-0.1, -0.05) is 5.57 Å². The van der Waals surface area contributed by atoms with Gasteiger partial charge in [-0.25, -0.2) is 0 Å². The number of aromatic nitrogens is 2. The van der Waals surface area contributed by atoms with Gasteiger partial charge in [0.15, 0.2) is 4.77 Å². The van der Waals surface area contributed by atoms with E-state index in [1.807, 2.05) is 12.1 Å². The third-order valence-electron chi connectivity index (χ3n) is 3.99. The molecule has 1 atom stereocenters. The lowest BCUT2D eigenvalue weighted by Crippen LogP contribution is -2.29. The third kappa shape index (κ3) is 2.35. The van der Waals surface area contributed by atoms with E-state index in [2.05, 4.69) is 41.4 Å². The standard InChI is InChI=1S/C16H21N3OS/c1-10(2)7-18-9-12-14(20-4)6-5-13-15(12)19(8-11(18)3)16(21)17-13/h5-7,11H,8-9H2,1-4H3,(H,17,21)/t11-/m0/s1. The Labute approximate surface area is 130 Å². The second-order valence-corrected chi connectivity index (χ2v) is 6.30. The van der Waals surface area contributed by atoms with E-state index >= 15 is 0 Å². The minimum Gasteiger partial charge on any atom is -0.496 e. The molecule has 112 valence electrons. The molecule has 1 aromatic carbocycles. The lowest BCUT2D eigenvalue weighted by atomic mass is 10.1. The summed E-state index contributed by atoms with van der Waals surface area (Å²) in [4.78, 5) is 5.67. The Bertz CT molecular complexity index is 768. The molecule has 1 N–H and O–H groups in total. The molecule has 1 aliphatic rings. The van der Waals surface area contributed by atoms with Crippen molar-refractivity contribution in [3.63, 3.8) is 0 Å². The molecule has 0 saturated heterocycles. The number of nitrogens with one attached hydrogen (secondary N) is 1. The zero-order chi connectivity index (χ0) is 15.1. The van der Waals surface area contributed by atoms with Gasteiger partial charge in [-0.3, -0.25) is 0 Å². The number of imidazole rings is 1. The Morgan fingerprint density at radius 2 is 2.19 bits per heavy atom. The number of allylic oxidation sites excluding steroid dienone is 1. The first-order chi connectivity index (χ1) is 10.0. The number of ether oxygens (including phenoxy) is 1. The topological polar surface area (TPSA) is 33.2 Å². The van der Waals surface area contributed by atoms with Gasteiger partial charge < -0.3 is 19.2 Å². The molecule has 0 saturated carbocycles. The smallest absolute Gasteiger partial charge is 0.178 e. The van der Waals surface area contributed by atoms with Gasteiger partial charge in [0, 0.05) is 24.7 Å². The number of hydrogen-bond donors (Lipinski definition) is 1. The fraction of sp³-hybridized carbons (Fsp3) is 0.438. The van der Waals surface area contributed by atoms with Crippen molar-refractivity contribution < 1.29 is 4.74 Å². The maximum absolute atomic E-state index is 5.58. The SMILES string of the molecule is COc1ccc2[nH]c(=S)n3c2c1CN(C=C(C)C)[C@@H](C)C3. The van der Waals surface area contributed by atoms with Gasteiger partial charge in [0.05, 0.1) is 18.1 Å². The van der Waals surface area contributed by atoms with Crippen molar-refractivity contribution in [2.24, 2.45) is 0 Å². The van der Waals surface area contributed by atoms with Crippen molar-refractivity contribution in [3.05, 3.63) is 34.2 Å². The maximum atomic E-state index is 5.58. The summed E-state index contributed by atoms with van der Waals surface area (Å²) in [5.41, 5.74) is 4.76. The Hall–Kier alpha value is -1.75. The van der Waals surface area contributed by atoms with Crippen molar-refractivity contribution in [1.82, 2.24) is 14.5 Å². The molecule has 0 radical (unpaired) electrons. The van der Waals surface area contributed by atoms with Crippen LogP contribution in [0.25, 0.3) is 11.0 Å². The summed E-state index contributed by atoms with van der Waals surface area (Å²) < 4.78 is 8.56. The molecule has 4 nitrogen and oxygen atoms in total. The van der Waals surface area contributed by atoms with Gasteiger partial charge in [0.2, 0.25) is 0 Å². The van der Waals surface area contributed by atoms with E-state index in [1.165, 1.54) is 16.7 Å². The monoisotopic (exact) mass is 303 g/mol. The number of aromatic amines is 1. The average Bonchev–Trinajstić information content (AvgIpc) is 2.65. The van der Waals surface area contributed by atoms with E-state index < -0.39 is 0 Å². The fourth-order valence-electron chi connectivity index (χ4n) is 3.04. The van der Waals surface area contributed by atoms with E-state index in [-0.39, 0.29) is 0 Å².